The molecular weight excluding hydrogens is 474 g/mol. The maximum Gasteiger partial charge on any atom is 0.309 e. The first-order valence-corrected chi connectivity index (χ1v) is 13.1. The molecule has 0 bridgehead atoms. The Morgan fingerprint density at radius 1 is 1.29 bits per heavy atom. The second-order valence-electron chi connectivity index (χ2n) is 10.00. The molecule has 5 atom stereocenters. The van der Waals surface area contributed by atoms with Gasteiger partial charge < -0.3 is 14.9 Å². The smallest absolute Gasteiger partial charge is 0.309 e. The molecule has 0 spiro atoms. The van der Waals surface area contributed by atoms with Crippen molar-refractivity contribution in [2.75, 3.05) is 0 Å². The van der Waals surface area contributed by atoms with Crippen molar-refractivity contribution >= 4 is 40.8 Å². The Kier molecular flexibility index (Phi) is 10.5. The van der Waals surface area contributed by atoms with Gasteiger partial charge in [-0.15, -0.1) is 11.3 Å². The highest BCUT2D eigenvalue weighted by Crippen LogP contribution is 2.32. The van der Waals surface area contributed by atoms with Crippen LogP contribution in [0.15, 0.2) is 22.1 Å². The van der Waals surface area contributed by atoms with Crippen molar-refractivity contribution < 1.29 is 24.5 Å². The lowest BCUT2D eigenvalue weighted by atomic mass is 9.73. The predicted molar refractivity (Wildman–Crippen MR) is 137 cm³/mol. The first-order chi connectivity index (χ1) is 15.8. The molecule has 2 heterocycles. The highest BCUT2D eigenvalue weighted by molar-refractivity contribution is 7.09. The highest BCUT2D eigenvalue weighted by atomic mass is 35.5. The van der Waals surface area contributed by atoms with E-state index in [1.54, 1.807) is 32.1 Å². The number of ketones is 1. The van der Waals surface area contributed by atoms with Crippen LogP contribution in [0.4, 0.5) is 0 Å². The molecule has 8 heteroatoms. The number of allylic oxidation sites excluding steroid dienone is 1. The zero-order chi connectivity index (χ0) is 25.6. The topological polar surface area (TPSA) is 96.7 Å². The molecule has 0 amide bonds. The van der Waals surface area contributed by atoms with Gasteiger partial charge in [0.15, 0.2) is 0 Å². The summed E-state index contributed by atoms with van der Waals surface area (Å²) in [7, 11) is 0. The molecule has 2 rings (SSSR count). The molecule has 0 aliphatic carbocycles. The third kappa shape index (κ3) is 7.74. The molecule has 34 heavy (non-hydrogen) atoms. The number of cyclic esters (lactones) is 1. The van der Waals surface area contributed by atoms with E-state index in [1.165, 1.54) is 0 Å². The Balaban J connectivity index is 2.33. The monoisotopic (exact) mass is 511 g/mol. The minimum atomic E-state index is -1.24. The number of aryl methyl sites for hydroxylation is 1. The van der Waals surface area contributed by atoms with Gasteiger partial charge in [0, 0.05) is 22.8 Å². The van der Waals surface area contributed by atoms with Crippen LogP contribution in [0.5, 0.6) is 0 Å². The average Bonchev–Trinajstić information content (AvgIpc) is 3.18. The van der Waals surface area contributed by atoms with Gasteiger partial charge in [0.1, 0.15) is 11.9 Å². The van der Waals surface area contributed by atoms with Crippen LogP contribution in [0.3, 0.4) is 0 Å². The molecule has 0 unspecified atom stereocenters. The van der Waals surface area contributed by atoms with Crippen LogP contribution in [0.2, 0.25) is 0 Å². The molecule has 1 aliphatic rings. The Morgan fingerprint density at radius 3 is 2.59 bits per heavy atom. The fraction of sp³-hybridized carbons (Fsp3) is 0.654. The molecule has 1 aromatic heterocycles. The van der Waals surface area contributed by atoms with Crippen LogP contribution < -0.4 is 0 Å². The van der Waals surface area contributed by atoms with E-state index >= 15 is 0 Å². The number of carbonyl (C=O) groups is 2. The van der Waals surface area contributed by atoms with E-state index in [-0.39, 0.29) is 18.1 Å². The number of hydrogen-bond donors (Lipinski definition) is 2. The number of rotatable bonds is 2. The summed E-state index contributed by atoms with van der Waals surface area (Å²) >= 11 is 7.99. The number of aromatic nitrogens is 1. The number of ether oxygens (including phenoxy) is 1. The zero-order valence-electron chi connectivity index (χ0n) is 21.0. The van der Waals surface area contributed by atoms with E-state index < -0.39 is 35.6 Å². The SMILES string of the molecule is C/C(=C\c1csc(C)n1)[C@@H]1C/C=C(/Cl)CCC[C@H](C)[C@H](O)[C@@H](C)C(=O)C(C)(C)[C@@H](O)CC(=O)O1. The molecule has 0 fully saturated rings. The van der Waals surface area contributed by atoms with Gasteiger partial charge in [-0.3, -0.25) is 9.59 Å². The predicted octanol–water partition coefficient (Wildman–Crippen LogP) is 5.44. The van der Waals surface area contributed by atoms with Crippen LogP contribution >= 0.6 is 22.9 Å². The van der Waals surface area contributed by atoms with Gasteiger partial charge in [-0.05, 0) is 50.7 Å². The highest BCUT2D eigenvalue weighted by Gasteiger charge is 2.42. The standard InChI is InChI=1S/C26H38ClNO5S/c1-15-8-7-9-19(27)10-11-21(16(2)12-20-14-34-18(4)28-20)33-23(30)13-22(29)26(5,6)25(32)17(3)24(15)31/h10,12,14-15,17,21-22,24,29,31H,7-9,11,13H2,1-6H3/b16-12+,19-10+/t15-,17+,21-,22-,24-/m0/s1. The molecule has 190 valence electrons. The number of halogens is 1. The number of nitrogens with zero attached hydrogens (tertiary/aromatic N) is 1. The Bertz CT molecular complexity index is 922. The lowest BCUT2D eigenvalue weighted by molar-refractivity contribution is -0.154. The van der Waals surface area contributed by atoms with Gasteiger partial charge in [-0.1, -0.05) is 45.4 Å². The van der Waals surface area contributed by atoms with Gasteiger partial charge >= 0.3 is 5.97 Å². The van der Waals surface area contributed by atoms with Crippen LogP contribution in [-0.4, -0.2) is 45.3 Å². The fourth-order valence-electron chi connectivity index (χ4n) is 4.22. The summed E-state index contributed by atoms with van der Waals surface area (Å²) in [5.41, 5.74) is 0.403. The molecule has 0 saturated carbocycles. The van der Waals surface area contributed by atoms with E-state index in [4.69, 9.17) is 16.3 Å². The quantitative estimate of drug-likeness (QED) is 0.513. The van der Waals surface area contributed by atoms with Crippen molar-refractivity contribution in [3.63, 3.8) is 0 Å². The van der Waals surface area contributed by atoms with Gasteiger partial charge in [0.2, 0.25) is 0 Å². The number of esters is 1. The third-order valence-corrected chi connectivity index (χ3v) is 7.89. The van der Waals surface area contributed by atoms with Crippen molar-refractivity contribution in [2.45, 2.75) is 92.0 Å². The molecule has 0 radical (unpaired) electrons. The Labute approximate surface area is 212 Å². The van der Waals surface area contributed by atoms with Gasteiger partial charge in [-0.2, -0.15) is 0 Å². The lowest BCUT2D eigenvalue weighted by Gasteiger charge is -2.34. The molecule has 2 N–H and O–H groups in total. The summed E-state index contributed by atoms with van der Waals surface area (Å²) < 4.78 is 5.75. The molecular formula is C26H38ClNO5S. The van der Waals surface area contributed by atoms with E-state index in [1.807, 2.05) is 38.3 Å². The summed E-state index contributed by atoms with van der Waals surface area (Å²) in [4.78, 5) is 30.4. The van der Waals surface area contributed by atoms with E-state index in [0.717, 1.165) is 22.7 Å². The van der Waals surface area contributed by atoms with Crippen molar-refractivity contribution in [3.8, 4) is 0 Å². The van der Waals surface area contributed by atoms with Crippen LogP contribution in [-0.2, 0) is 14.3 Å². The van der Waals surface area contributed by atoms with E-state index in [9.17, 15) is 19.8 Å². The summed E-state index contributed by atoms with van der Waals surface area (Å²) in [6, 6.07) is 0. The first kappa shape index (κ1) is 28.7. The van der Waals surface area contributed by atoms with Gasteiger partial charge in [0.25, 0.3) is 0 Å². The van der Waals surface area contributed by atoms with Crippen molar-refractivity contribution in [2.24, 2.45) is 17.3 Å². The van der Waals surface area contributed by atoms with Gasteiger partial charge in [0.05, 0.1) is 34.7 Å². The maximum absolute atomic E-state index is 13.1. The zero-order valence-corrected chi connectivity index (χ0v) is 22.6. The molecule has 1 aromatic rings. The van der Waals surface area contributed by atoms with Gasteiger partial charge in [-0.25, -0.2) is 4.98 Å². The van der Waals surface area contributed by atoms with Crippen molar-refractivity contribution in [1.82, 2.24) is 4.98 Å². The summed E-state index contributed by atoms with van der Waals surface area (Å²) in [5.74, 6) is -1.65. The number of carbonyl (C=O) groups excluding carboxylic acids is 2. The normalized spacial score (nSPS) is 32.1. The van der Waals surface area contributed by atoms with Crippen LogP contribution in [0, 0.1) is 24.2 Å². The van der Waals surface area contributed by atoms with Crippen molar-refractivity contribution in [1.29, 1.82) is 0 Å². The van der Waals surface area contributed by atoms with Crippen LogP contribution in [0.1, 0.15) is 77.4 Å². The molecule has 0 saturated heterocycles. The van der Waals surface area contributed by atoms with E-state index in [2.05, 4.69) is 4.98 Å². The summed E-state index contributed by atoms with van der Waals surface area (Å²) in [6.45, 7) is 10.6. The average molecular weight is 512 g/mol. The van der Waals surface area contributed by atoms with Crippen LogP contribution in [0.25, 0.3) is 6.08 Å². The molecule has 6 nitrogen and oxygen atoms in total. The maximum atomic E-state index is 13.1. The Morgan fingerprint density at radius 2 is 1.97 bits per heavy atom. The number of aliphatic hydroxyl groups is 2. The lowest BCUT2D eigenvalue weighted by Crippen LogP contribution is -2.45. The second kappa shape index (κ2) is 12.4. The number of aliphatic hydroxyl groups excluding tert-OH is 2. The third-order valence-electron chi connectivity index (χ3n) is 6.76. The summed E-state index contributed by atoms with van der Waals surface area (Å²) in [5, 5.41) is 25.1. The fourth-order valence-corrected chi connectivity index (χ4v) is 5.01. The molecule has 0 aromatic carbocycles. The molecule has 1 aliphatic heterocycles. The number of hydrogen-bond acceptors (Lipinski definition) is 7. The van der Waals surface area contributed by atoms with E-state index in [0.29, 0.717) is 24.3 Å². The first-order valence-electron chi connectivity index (χ1n) is 11.9. The Hall–Kier alpha value is -1.54. The number of Topliss-reactive ketones (excluding diaryl/α,β-unsaturated/α-hetero) is 1. The number of thiazole rings is 1. The van der Waals surface area contributed by atoms with Crippen molar-refractivity contribution in [3.05, 3.63) is 32.8 Å². The second-order valence-corrected chi connectivity index (χ2v) is 11.5. The minimum Gasteiger partial charge on any atom is -0.457 e. The largest absolute Gasteiger partial charge is 0.457 e. The summed E-state index contributed by atoms with van der Waals surface area (Å²) in [6.07, 6.45) is 3.28. The minimum absolute atomic E-state index is 0.103.